The standard InChI is InChI=1S/C21H15N5O/c1-3-15-14-23-26-19(25(2)21(27)17-10-7-11-22-13-17)12-18(24-20(15)26)16-8-5-4-6-9-16/h1,4-14H,2H3. The van der Waals surface area contributed by atoms with Crippen molar-refractivity contribution in [2.75, 3.05) is 11.9 Å². The molecule has 3 heterocycles. The molecular weight excluding hydrogens is 338 g/mol. The molecule has 4 aromatic rings. The SMILES string of the molecule is C#Cc1cnn2c(N(C)C(=O)c3cccnc3)cc(-c3ccccc3)nc12. The number of anilines is 1. The van der Waals surface area contributed by atoms with Crippen LogP contribution >= 0.6 is 0 Å². The van der Waals surface area contributed by atoms with Crippen LogP contribution in [0.4, 0.5) is 5.82 Å². The molecule has 0 atom stereocenters. The lowest BCUT2D eigenvalue weighted by molar-refractivity contribution is 0.0991. The summed E-state index contributed by atoms with van der Waals surface area (Å²) in [6, 6.07) is 15.0. The van der Waals surface area contributed by atoms with E-state index in [0.29, 0.717) is 28.3 Å². The summed E-state index contributed by atoms with van der Waals surface area (Å²) in [7, 11) is 1.69. The molecule has 0 radical (unpaired) electrons. The Hall–Kier alpha value is -3.98. The summed E-state index contributed by atoms with van der Waals surface area (Å²) < 4.78 is 1.58. The third kappa shape index (κ3) is 2.92. The number of aromatic nitrogens is 4. The number of fused-ring (bicyclic) bond motifs is 1. The number of amides is 1. The molecule has 1 amide bonds. The highest BCUT2D eigenvalue weighted by Gasteiger charge is 2.20. The van der Waals surface area contributed by atoms with Crippen molar-refractivity contribution in [1.29, 1.82) is 0 Å². The van der Waals surface area contributed by atoms with Crippen molar-refractivity contribution < 1.29 is 4.79 Å². The highest BCUT2D eigenvalue weighted by molar-refractivity contribution is 6.05. The fourth-order valence-corrected chi connectivity index (χ4v) is 2.83. The van der Waals surface area contributed by atoms with E-state index >= 15 is 0 Å². The van der Waals surface area contributed by atoms with Gasteiger partial charge in [-0.3, -0.25) is 14.7 Å². The van der Waals surface area contributed by atoms with Gasteiger partial charge in [-0.05, 0) is 12.1 Å². The van der Waals surface area contributed by atoms with Crippen LogP contribution in [0.15, 0.2) is 67.1 Å². The molecule has 0 bridgehead atoms. The van der Waals surface area contributed by atoms with Gasteiger partial charge in [0.05, 0.1) is 23.0 Å². The molecule has 6 heteroatoms. The van der Waals surface area contributed by atoms with Crippen LogP contribution in [-0.4, -0.2) is 32.5 Å². The zero-order valence-electron chi connectivity index (χ0n) is 14.6. The Balaban J connectivity index is 1.90. The minimum absolute atomic E-state index is 0.202. The van der Waals surface area contributed by atoms with Gasteiger partial charge in [-0.1, -0.05) is 36.3 Å². The molecule has 4 rings (SSSR count). The van der Waals surface area contributed by atoms with E-state index in [9.17, 15) is 4.79 Å². The molecule has 0 saturated carbocycles. The molecular formula is C21H15N5O. The number of terminal acetylenes is 1. The maximum absolute atomic E-state index is 12.9. The fourth-order valence-electron chi connectivity index (χ4n) is 2.83. The van der Waals surface area contributed by atoms with Gasteiger partial charge in [0.2, 0.25) is 0 Å². The van der Waals surface area contributed by atoms with Gasteiger partial charge in [-0.25, -0.2) is 4.98 Å². The second kappa shape index (κ2) is 6.73. The Labute approximate surface area is 156 Å². The summed E-state index contributed by atoms with van der Waals surface area (Å²) in [6.07, 6.45) is 10.3. The Morgan fingerprint density at radius 2 is 1.96 bits per heavy atom. The third-order valence-electron chi connectivity index (χ3n) is 4.23. The van der Waals surface area contributed by atoms with Crippen LogP contribution in [0.5, 0.6) is 0 Å². The van der Waals surface area contributed by atoms with Gasteiger partial charge in [-0.15, -0.1) is 6.42 Å². The molecule has 0 spiro atoms. The van der Waals surface area contributed by atoms with E-state index in [0.717, 1.165) is 5.56 Å². The molecule has 0 aliphatic rings. The lowest BCUT2D eigenvalue weighted by Gasteiger charge is -2.19. The second-order valence-corrected chi connectivity index (χ2v) is 5.91. The molecule has 0 saturated heterocycles. The summed E-state index contributed by atoms with van der Waals surface area (Å²) in [5.74, 6) is 2.96. The van der Waals surface area contributed by atoms with Crippen LogP contribution in [0, 0.1) is 12.3 Å². The van der Waals surface area contributed by atoms with E-state index in [1.807, 2.05) is 36.4 Å². The topological polar surface area (TPSA) is 63.4 Å². The first kappa shape index (κ1) is 16.5. The fraction of sp³-hybridized carbons (Fsp3) is 0.0476. The van der Waals surface area contributed by atoms with E-state index in [4.69, 9.17) is 6.42 Å². The Bertz CT molecular complexity index is 1160. The van der Waals surface area contributed by atoms with Crippen molar-refractivity contribution in [1.82, 2.24) is 19.6 Å². The van der Waals surface area contributed by atoms with Gasteiger partial charge in [0.1, 0.15) is 5.82 Å². The third-order valence-corrected chi connectivity index (χ3v) is 4.23. The smallest absolute Gasteiger partial charge is 0.260 e. The average molecular weight is 353 g/mol. The molecule has 6 nitrogen and oxygen atoms in total. The van der Waals surface area contributed by atoms with E-state index in [1.54, 1.807) is 36.1 Å². The van der Waals surface area contributed by atoms with Gasteiger partial charge in [0, 0.05) is 31.1 Å². The van der Waals surface area contributed by atoms with Crippen LogP contribution in [0.3, 0.4) is 0 Å². The first-order chi connectivity index (χ1) is 13.2. The minimum atomic E-state index is -0.202. The van der Waals surface area contributed by atoms with Crippen molar-refractivity contribution in [3.8, 4) is 23.6 Å². The Morgan fingerprint density at radius 3 is 2.67 bits per heavy atom. The van der Waals surface area contributed by atoms with E-state index in [-0.39, 0.29) is 5.91 Å². The summed E-state index contributed by atoms with van der Waals surface area (Å²) in [4.78, 5) is 23.1. The van der Waals surface area contributed by atoms with Crippen molar-refractivity contribution in [3.63, 3.8) is 0 Å². The molecule has 0 unspecified atom stereocenters. The number of carbonyl (C=O) groups is 1. The molecule has 0 aliphatic heterocycles. The quantitative estimate of drug-likeness (QED) is 0.531. The zero-order chi connectivity index (χ0) is 18.8. The van der Waals surface area contributed by atoms with Crippen molar-refractivity contribution in [3.05, 3.63) is 78.2 Å². The first-order valence-electron chi connectivity index (χ1n) is 8.28. The van der Waals surface area contributed by atoms with Gasteiger partial charge in [-0.2, -0.15) is 9.61 Å². The molecule has 0 fully saturated rings. The summed E-state index contributed by atoms with van der Waals surface area (Å²) in [5, 5.41) is 4.32. The minimum Gasteiger partial charge on any atom is -0.296 e. The molecule has 130 valence electrons. The highest BCUT2D eigenvalue weighted by atomic mass is 16.2. The number of benzene rings is 1. The van der Waals surface area contributed by atoms with Crippen LogP contribution < -0.4 is 4.90 Å². The Kier molecular flexibility index (Phi) is 4.11. The predicted molar refractivity (Wildman–Crippen MR) is 103 cm³/mol. The molecule has 0 aliphatic carbocycles. The number of carbonyl (C=O) groups excluding carboxylic acids is 1. The second-order valence-electron chi connectivity index (χ2n) is 5.91. The van der Waals surface area contributed by atoms with E-state index in [1.165, 1.54) is 11.1 Å². The van der Waals surface area contributed by atoms with Gasteiger partial charge >= 0.3 is 0 Å². The molecule has 0 N–H and O–H groups in total. The number of pyridine rings is 1. The van der Waals surface area contributed by atoms with Crippen LogP contribution in [0.1, 0.15) is 15.9 Å². The lowest BCUT2D eigenvalue weighted by Crippen LogP contribution is -2.28. The van der Waals surface area contributed by atoms with Crippen LogP contribution in [0.2, 0.25) is 0 Å². The highest BCUT2D eigenvalue weighted by Crippen LogP contribution is 2.26. The van der Waals surface area contributed by atoms with Gasteiger partial charge in [0.25, 0.3) is 5.91 Å². The number of hydrogen-bond donors (Lipinski definition) is 0. The maximum atomic E-state index is 12.9. The van der Waals surface area contributed by atoms with E-state index < -0.39 is 0 Å². The summed E-state index contributed by atoms with van der Waals surface area (Å²) in [6.45, 7) is 0. The van der Waals surface area contributed by atoms with E-state index in [2.05, 4.69) is 21.0 Å². The largest absolute Gasteiger partial charge is 0.296 e. The molecule has 3 aromatic heterocycles. The molecule has 27 heavy (non-hydrogen) atoms. The van der Waals surface area contributed by atoms with Crippen molar-refractivity contribution >= 4 is 17.4 Å². The van der Waals surface area contributed by atoms with Crippen LogP contribution in [-0.2, 0) is 0 Å². The number of rotatable bonds is 3. The number of nitrogens with zero attached hydrogens (tertiary/aromatic N) is 5. The zero-order valence-corrected chi connectivity index (χ0v) is 14.6. The maximum Gasteiger partial charge on any atom is 0.260 e. The number of hydrogen-bond acceptors (Lipinski definition) is 4. The van der Waals surface area contributed by atoms with Gasteiger partial charge in [0.15, 0.2) is 5.65 Å². The molecule has 1 aromatic carbocycles. The normalized spacial score (nSPS) is 10.5. The first-order valence-corrected chi connectivity index (χ1v) is 8.28. The van der Waals surface area contributed by atoms with Gasteiger partial charge < -0.3 is 0 Å². The average Bonchev–Trinajstić information content (AvgIpc) is 3.16. The lowest BCUT2D eigenvalue weighted by atomic mass is 10.1. The summed E-state index contributed by atoms with van der Waals surface area (Å²) >= 11 is 0. The van der Waals surface area contributed by atoms with Crippen molar-refractivity contribution in [2.45, 2.75) is 0 Å². The monoisotopic (exact) mass is 353 g/mol. The summed E-state index contributed by atoms with van der Waals surface area (Å²) in [5.41, 5.74) is 3.21. The van der Waals surface area contributed by atoms with Crippen LogP contribution in [0.25, 0.3) is 16.9 Å². The van der Waals surface area contributed by atoms with Crippen molar-refractivity contribution in [2.24, 2.45) is 0 Å². The predicted octanol–water partition coefficient (Wildman–Crippen LogP) is 3.05. The Morgan fingerprint density at radius 1 is 1.15 bits per heavy atom.